The van der Waals surface area contributed by atoms with Crippen molar-refractivity contribution in [2.24, 2.45) is 11.1 Å². The van der Waals surface area contributed by atoms with Gasteiger partial charge in [-0.05, 0) is 77.4 Å². The number of nitrogens with two attached hydrogens (primary N) is 1. The highest BCUT2D eigenvalue weighted by Crippen LogP contribution is 2.53. The molecule has 0 bridgehead atoms. The molecule has 1 aliphatic heterocycles. The minimum Gasteiger partial charge on any atom is -0.329 e. The summed E-state index contributed by atoms with van der Waals surface area (Å²) in [5.74, 6) is 0. The normalized spacial score (nSPS) is 32.3. The van der Waals surface area contributed by atoms with E-state index in [-0.39, 0.29) is 0 Å². The number of rotatable bonds is 4. The molecule has 0 radical (unpaired) electrons. The predicted molar refractivity (Wildman–Crippen MR) is 89.4 cm³/mol. The van der Waals surface area contributed by atoms with Crippen LogP contribution in [-0.4, -0.2) is 55.1 Å². The zero-order valence-corrected chi connectivity index (χ0v) is 14.2. The van der Waals surface area contributed by atoms with Crippen molar-refractivity contribution in [1.82, 2.24) is 9.80 Å². The molecule has 3 rings (SSSR count). The Morgan fingerprint density at radius 2 is 1.67 bits per heavy atom. The van der Waals surface area contributed by atoms with Gasteiger partial charge >= 0.3 is 0 Å². The summed E-state index contributed by atoms with van der Waals surface area (Å²) >= 11 is 0. The van der Waals surface area contributed by atoms with Crippen LogP contribution >= 0.6 is 0 Å². The van der Waals surface area contributed by atoms with Gasteiger partial charge in [0.2, 0.25) is 0 Å². The van der Waals surface area contributed by atoms with E-state index < -0.39 is 0 Å². The van der Waals surface area contributed by atoms with Crippen LogP contribution in [0.5, 0.6) is 0 Å². The zero-order valence-electron chi connectivity index (χ0n) is 14.2. The van der Waals surface area contributed by atoms with Gasteiger partial charge in [-0.15, -0.1) is 0 Å². The van der Waals surface area contributed by atoms with Gasteiger partial charge in [0, 0.05) is 24.7 Å². The molecule has 2 N–H and O–H groups in total. The van der Waals surface area contributed by atoms with Crippen molar-refractivity contribution >= 4 is 0 Å². The average molecular weight is 293 g/mol. The van der Waals surface area contributed by atoms with Gasteiger partial charge in [-0.2, -0.15) is 0 Å². The minimum atomic E-state index is 0.324. The van der Waals surface area contributed by atoms with E-state index >= 15 is 0 Å². The highest BCUT2D eigenvalue weighted by molar-refractivity contribution is 5.04. The lowest BCUT2D eigenvalue weighted by atomic mass is 9.65. The van der Waals surface area contributed by atoms with Gasteiger partial charge in [0.25, 0.3) is 0 Å². The third-order valence-corrected chi connectivity index (χ3v) is 6.85. The SMILES string of the molecule is CN(C)CC1CCCN1C1(CN)CCC2(CCCC2)CC1. The van der Waals surface area contributed by atoms with Crippen molar-refractivity contribution < 1.29 is 0 Å². The first-order valence-electron chi connectivity index (χ1n) is 9.21. The third-order valence-electron chi connectivity index (χ3n) is 6.85. The average Bonchev–Trinajstić information content (AvgIpc) is 3.11. The second kappa shape index (κ2) is 6.17. The summed E-state index contributed by atoms with van der Waals surface area (Å²) in [7, 11) is 4.42. The van der Waals surface area contributed by atoms with Gasteiger partial charge in [0.15, 0.2) is 0 Å². The maximum absolute atomic E-state index is 6.34. The van der Waals surface area contributed by atoms with Gasteiger partial charge < -0.3 is 10.6 Å². The molecule has 122 valence electrons. The summed E-state index contributed by atoms with van der Waals surface area (Å²) in [5, 5.41) is 0. The van der Waals surface area contributed by atoms with Crippen molar-refractivity contribution in [3.63, 3.8) is 0 Å². The molecule has 0 aromatic rings. The van der Waals surface area contributed by atoms with E-state index in [1.165, 1.54) is 77.3 Å². The van der Waals surface area contributed by atoms with Crippen LogP contribution in [0.25, 0.3) is 0 Å². The summed E-state index contributed by atoms with van der Waals surface area (Å²) in [6, 6.07) is 0.737. The summed E-state index contributed by atoms with van der Waals surface area (Å²) in [5.41, 5.74) is 7.39. The van der Waals surface area contributed by atoms with Crippen LogP contribution in [0.1, 0.15) is 64.2 Å². The summed E-state index contributed by atoms with van der Waals surface area (Å²) in [4.78, 5) is 5.18. The van der Waals surface area contributed by atoms with Gasteiger partial charge in [0.1, 0.15) is 0 Å². The minimum absolute atomic E-state index is 0.324. The molecule has 3 fully saturated rings. The lowest BCUT2D eigenvalue weighted by Crippen LogP contribution is -2.59. The topological polar surface area (TPSA) is 32.5 Å². The number of likely N-dealkylation sites (tertiary alicyclic amines) is 1. The Hall–Kier alpha value is -0.120. The second-order valence-electron chi connectivity index (χ2n) is 8.39. The molecule has 2 aliphatic carbocycles. The van der Waals surface area contributed by atoms with E-state index in [1.54, 1.807) is 0 Å². The number of likely N-dealkylation sites (N-methyl/N-ethyl adjacent to an activating group) is 1. The van der Waals surface area contributed by atoms with Crippen molar-refractivity contribution in [1.29, 1.82) is 0 Å². The second-order valence-corrected chi connectivity index (χ2v) is 8.39. The van der Waals surface area contributed by atoms with E-state index in [0.717, 1.165) is 18.0 Å². The molecule has 3 heteroatoms. The Labute approximate surface area is 131 Å². The maximum Gasteiger partial charge on any atom is 0.0335 e. The van der Waals surface area contributed by atoms with Gasteiger partial charge in [-0.1, -0.05) is 12.8 Å². The zero-order chi connectivity index (χ0) is 14.9. The molecule has 0 amide bonds. The Balaban J connectivity index is 1.69. The van der Waals surface area contributed by atoms with E-state index in [1.807, 2.05) is 0 Å². The fourth-order valence-corrected chi connectivity index (χ4v) is 5.55. The molecule has 3 nitrogen and oxygen atoms in total. The van der Waals surface area contributed by atoms with Crippen molar-refractivity contribution in [3.8, 4) is 0 Å². The first-order valence-corrected chi connectivity index (χ1v) is 9.21. The maximum atomic E-state index is 6.34. The molecule has 1 heterocycles. The third kappa shape index (κ3) is 3.02. The molecular formula is C18H35N3. The van der Waals surface area contributed by atoms with E-state index in [0.29, 0.717) is 5.54 Å². The fraction of sp³-hybridized carbons (Fsp3) is 1.00. The predicted octanol–water partition coefficient (Wildman–Crippen LogP) is 2.84. The van der Waals surface area contributed by atoms with E-state index in [2.05, 4.69) is 23.9 Å². The number of hydrogen-bond acceptors (Lipinski definition) is 3. The molecule has 0 aromatic carbocycles. The monoisotopic (exact) mass is 293 g/mol. The molecule has 0 aromatic heterocycles. The standard InChI is InChI=1S/C18H35N3/c1-20(2)14-16-6-5-13-21(16)18(15-19)11-9-17(10-12-18)7-3-4-8-17/h16H,3-15,19H2,1-2H3. The Morgan fingerprint density at radius 3 is 2.24 bits per heavy atom. The summed E-state index contributed by atoms with van der Waals surface area (Å²) in [6.45, 7) is 3.35. The Kier molecular flexibility index (Phi) is 4.63. The lowest BCUT2D eigenvalue weighted by Gasteiger charge is -2.51. The molecule has 21 heavy (non-hydrogen) atoms. The quantitative estimate of drug-likeness (QED) is 0.865. The van der Waals surface area contributed by atoms with Crippen LogP contribution in [0, 0.1) is 5.41 Å². The molecule has 3 aliphatic rings. The van der Waals surface area contributed by atoms with Crippen LogP contribution < -0.4 is 5.73 Å². The van der Waals surface area contributed by atoms with Crippen LogP contribution in [0.2, 0.25) is 0 Å². The van der Waals surface area contributed by atoms with Crippen molar-refractivity contribution in [2.45, 2.75) is 75.8 Å². The summed E-state index contributed by atoms with van der Waals surface area (Å²) in [6.07, 6.45) is 14.3. The largest absolute Gasteiger partial charge is 0.329 e. The fourth-order valence-electron chi connectivity index (χ4n) is 5.55. The van der Waals surface area contributed by atoms with Crippen molar-refractivity contribution in [2.75, 3.05) is 33.7 Å². The Morgan fingerprint density at radius 1 is 1.00 bits per heavy atom. The molecular weight excluding hydrogens is 258 g/mol. The smallest absolute Gasteiger partial charge is 0.0335 e. The molecule has 1 atom stereocenters. The van der Waals surface area contributed by atoms with Crippen LogP contribution in [0.4, 0.5) is 0 Å². The van der Waals surface area contributed by atoms with E-state index in [4.69, 9.17) is 5.73 Å². The number of hydrogen-bond donors (Lipinski definition) is 1. The van der Waals surface area contributed by atoms with Crippen molar-refractivity contribution in [3.05, 3.63) is 0 Å². The highest BCUT2D eigenvalue weighted by Gasteiger charge is 2.48. The van der Waals surface area contributed by atoms with Gasteiger partial charge in [-0.25, -0.2) is 0 Å². The molecule has 1 saturated heterocycles. The highest BCUT2D eigenvalue weighted by atomic mass is 15.3. The lowest BCUT2D eigenvalue weighted by molar-refractivity contribution is 0.000414. The van der Waals surface area contributed by atoms with Gasteiger partial charge in [-0.3, -0.25) is 4.90 Å². The van der Waals surface area contributed by atoms with Crippen LogP contribution in [0.15, 0.2) is 0 Å². The first-order chi connectivity index (χ1) is 10.1. The Bertz CT molecular complexity index is 336. The van der Waals surface area contributed by atoms with Crippen LogP contribution in [0.3, 0.4) is 0 Å². The molecule has 2 saturated carbocycles. The van der Waals surface area contributed by atoms with Crippen LogP contribution in [-0.2, 0) is 0 Å². The van der Waals surface area contributed by atoms with Gasteiger partial charge in [0.05, 0.1) is 0 Å². The number of nitrogens with zero attached hydrogens (tertiary/aromatic N) is 2. The van der Waals surface area contributed by atoms with E-state index in [9.17, 15) is 0 Å². The first kappa shape index (κ1) is 15.8. The summed E-state index contributed by atoms with van der Waals surface area (Å²) < 4.78 is 0. The molecule has 1 spiro atoms. The molecule has 1 unspecified atom stereocenters.